The standard InChI is InChI=1S/C16H18ClN3O/c1-10(2)20-9-12(7-15(20)21)16-18-8-14(19-16)11-3-5-13(17)6-4-11/h3-6,8,10,12H,7,9H2,1-2H3,(H,18,19)/t12-/m0/s1. The van der Waals surface area contributed by atoms with Crippen molar-refractivity contribution in [2.75, 3.05) is 6.54 Å². The van der Waals surface area contributed by atoms with Crippen LogP contribution in [-0.2, 0) is 4.79 Å². The zero-order chi connectivity index (χ0) is 15.0. The van der Waals surface area contributed by atoms with E-state index in [1.54, 1.807) is 0 Å². The topological polar surface area (TPSA) is 49.0 Å². The van der Waals surface area contributed by atoms with Crippen molar-refractivity contribution in [2.24, 2.45) is 0 Å². The molecule has 1 saturated heterocycles. The maximum absolute atomic E-state index is 12.0. The van der Waals surface area contributed by atoms with Crippen LogP contribution >= 0.6 is 11.6 Å². The summed E-state index contributed by atoms with van der Waals surface area (Å²) in [6.45, 7) is 4.83. The number of carbonyl (C=O) groups is 1. The van der Waals surface area contributed by atoms with Gasteiger partial charge in [-0.05, 0) is 31.5 Å². The monoisotopic (exact) mass is 303 g/mol. The second-order valence-corrected chi connectivity index (χ2v) is 6.17. The zero-order valence-corrected chi connectivity index (χ0v) is 12.9. The van der Waals surface area contributed by atoms with Crippen molar-refractivity contribution in [1.29, 1.82) is 0 Å². The van der Waals surface area contributed by atoms with Crippen LogP contribution in [0.4, 0.5) is 0 Å². The second-order valence-electron chi connectivity index (χ2n) is 5.73. The number of amides is 1. The van der Waals surface area contributed by atoms with Gasteiger partial charge in [-0.25, -0.2) is 4.98 Å². The van der Waals surface area contributed by atoms with Crippen LogP contribution in [0.3, 0.4) is 0 Å². The molecular formula is C16H18ClN3O. The fourth-order valence-corrected chi connectivity index (χ4v) is 2.86. The Hall–Kier alpha value is -1.81. The first kappa shape index (κ1) is 14.1. The van der Waals surface area contributed by atoms with Crippen LogP contribution in [0.5, 0.6) is 0 Å². The van der Waals surface area contributed by atoms with Crippen molar-refractivity contribution in [3.63, 3.8) is 0 Å². The molecule has 110 valence electrons. The molecule has 0 aliphatic carbocycles. The first-order valence-electron chi connectivity index (χ1n) is 7.15. The Morgan fingerprint density at radius 2 is 2.05 bits per heavy atom. The van der Waals surface area contributed by atoms with Crippen LogP contribution in [-0.4, -0.2) is 33.4 Å². The van der Waals surface area contributed by atoms with E-state index in [9.17, 15) is 4.79 Å². The molecule has 2 aromatic rings. The lowest BCUT2D eigenvalue weighted by atomic mass is 10.1. The van der Waals surface area contributed by atoms with Gasteiger partial charge in [0, 0.05) is 29.9 Å². The maximum Gasteiger partial charge on any atom is 0.223 e. The van der Waals surface area contributed by atoms with Crippen molar-refractivity contribution in [1.82, 2.24) is 14.9 Å². The van der Waals surface area contributed by atoms with Gasteiger partial charge in [-0.15, -0.1) is 0 Å². The number of H-pyrrole nitrogens is 1. The van der Waals surface area contributed by atoms with Crippen molar-refractivity contribution >= 4 is 17.5 Å². The fourth-order valence-electron chi connectivity index (χ4n) is 2.73. The van der Waals surface area contributed by atoms with Gasteiger partial charge in [0.05, 0.1) is 11.9 Å². The van der Waals surface area contributed by atoms with E-state index >= 15 is 0 Å². The van der Waals surface area contributed by atoms with Crippen molar-refractivity contribution < 1.29 is 4.79 Å². The van der Waals surface area contributed by atoms with Crippen molar-refractivity contribution in [3.8, 4) is 11.3 Å². The molecule has 2 heterocycles. The highest BCUT2D eigenvalue weighted by atomic mass is 35.5. The van der Waals surface area contributed by atoms with E-state index in [4.69, 9.17) is 11.6 Å². The van der Waals surface area contributed by atoms with E-state index in [0.717, 1.165) is 23.6 Å². The Kier molecular flexibility index (Phi) is 3.72. The molecule has 1 N–H and O–H groups in total. The number of aromatic amines is 1. The van der Waals surface area contributed by atoms with Gasteiger partial charge >= 0.3 is 0 Å². The molecular weight excluding hydrogens is 286 g/mol. The number of hydrogen-bond donors (Lipinski definition) is 1. The molecule has 0 saturated carbocycles. The van der Waals surface area contributed by atoms with E-state index in [-0.39, 0.29) is 17.9 Å². The number of aromatic nitrogens is 2. The zero-order valence-electron chi connectivity index (χ0n) is 12.1. The highest BCUT2D eigenvalue weighted by Gasteiger charge is 2.33. The van der Waals surface area contributed by atoms with E-state index in [1.165, 1.54) is 0 Å². The molecule has 1 atom stereocenters. The summed E-state index contributed by atoms with van der Waals surface area (Å²) in [6.07, 6.45) is 2.35. The quantitative estimate of drug-likeness (QED) is 0.944. The fraction of sp³-hybridized carbons (Fsp3) is 0.375. The normalized spacial score (nSPS) is 18.8. The number of carbonyl (C=O) groups excluding carboxylic acids is 1. The third kappa shape index (κ3) is 2.81. The molecule has 1 aliphatic rings. The summed E-state index contributed by atoms with van der Waals surface area (Å²) < 4.78 is 0. The van der Waals surface area contributed by atoms with Gasteiger partial charge in [-0.3, -0.25) is 4.79 Å². The summed E-state index contributed by atoms with van der Waals surface area (Å²) in [5.41, 5.74) is 2.00. The van der Waals surface area contributed by atoms with Crippen LogP contribution in [0, 0.1) is 0 Å². The van der Waals surface area contributed by atoms with Crippen molar-refractivity contribution in [2.45, 2.75) is 32.2 Å². The van der Waals surface area contributed by atoms with Crippen LogP contribution in [0.2, 0.25) is 5.02 Å². The second kappa shape index (κ2) is 5.53. The summed E-state index contributed by atoms with van der Waals surface area (Å²) in [6, 6.07) is 7.88. The number of nitrogens with one attached hydrogen (secondary N) is 1. The minimum atomic E-state index is 0.154. The number of imidazole rings is 1. The highest BCUT2D eigenvalue weighted by Crippen LogP contribution is 2.29. The first-order chi connectivity index (χ1) is 10.0. The third-order valence-electron chi connectivity index (χ3n) is 3.92. The number of halogens is 1. The number of nitrogens with zero attached hydrogens (tertiary/aromatic N) is 2. The lowest BCUT2D eigenvalue weighted by Crippen LogP contribution is -2.31. The van der Waals surface area contributed by atoms with E-state index in [2.05, 4.69) is 9.97 Å². The molecule has 4 nitrogen and oxygen atoms in total. The Labute approximate surface area is 129 Å². The molecule has 21 heavy (non-hydrogen) atoms. The Morgan fingerprint density at radius 1 is 1.33 bits per heavy atom. The molecule has 3 rings (SSSR count). The lowest BCUT2D eigenvalue weighted by Gasteiger charge is -2.20. The lowest BCUT2D eigenvalue weighted by molar-refractivity contribution is -0.129. The minimum Gasteiger partial charge on any atom is -0.342 e. The van der Waals surface area contributed by atoms with Gasteiger partial charge in [0.2, 0.25) is 5.91 Å². The molecule has 1 aromatic carbocycles. The van der Waals surface area contributed by atoms with E-state index in [1.807, 2.05) is 49.2 Å². The number of likely N-dealkylation sites (tertiary alicyclic amines) is 1. The SMILES string of the molecule is CC(C)N1C[C@@H](c2ncc(-c3ccc(Cl)cc3)[nH]2)CC1=O. The van der Waals surface area contributed by atoms with Gasteiger partial charge in [0.1, 0.15) is 5.82 Å². The minimum absolute atomic E-state index is 0.154. The van der Waals surface area contributed by atoms with Crippen LogP contribution < -0.4 is 0 Å². The molecule has 1 aliphatic heterocycles. The third-order valence-corrected chi connectivity index (χ3v) is 4.17. The Morgan fingerprint density at radius 3 is 2.67 bits per heavy atom. The van der Waals surface area contributed by atoms with Gasteiger partial charge in [0.25, 0.3) is 0 Å². The smallest absolute Gasteiger partial charge is 0.223 e. The predicted octanol–water partition coefficient (Wildman–Crippen LogP) is 3.45. The van der Waals surface area contributed by atoms with Crippen LogP contribution in [0.1, 0.15) is 32.0 Å². The molecule has 1 amide bonds. The van der Waals surface area contributed by atoms with Gasteiger partial charge < -0.3 is 9.88 Å². The molecule has 1 fully saturated rings. The Balaban J connectivity index is 1.80. The van der Waals surface area contributed by atoms with Gasteiger partial charge in [0.15, 0.2) is 0 Å². The summed E-state index contributed by atoms with van der Waals surface area (Å²) in [5, 5.41) is 0.715. The average molecular weight is 304 g/mol. The van der Waals surface area contributed by atoms with E-state index < -0.39 is 0 Å². The van der Waals surface area contributed by atoms with E-state index in [0.29, 0.717) is 11.4 Å². The Bertz CT molecular complexity index is 648. The van der Waals surface area contributed by atoms with Gasteiger partial charge in [-0.1, -0.05) is 23.7 Å². The number of hydrogen-bond acceptors (Lipinski definition) is 2. The molecule has 0 unspecified atom stereocenters. The maximum atomic E-state index is 12.0. The molecule has 0 spiro atoms. The molecule has 5 heteroatoms. The van der Waals surface area contributed by atoms with Crippen molar-refractivity contribution in [3.05, 3.63) is 41.3 Å². The van der Waals surface area contributed by atoms with Crippen LogP contribution in [0.25, 0.3) is 11.3 Å². The first-order valence-corrected chi connectivity index (χ1v) is 7.52. The number of rotatable bonds is 3. The molecule has 0 bridgehead atoms. The van der Waals surface area contributed by atoms with Gasteiger partial charge in [-0.2, -0.15) is 0 Å². The number of benzene rings is 1. The average Bonchev–Trinajstić information content (AvgIpc) is 3.06. The predicted molar refractivity (Wildman–Crippen MR) is 83.2 cm³/mol. The highest BCUT2D eigenvalue weighted by molar-refractivity contribution is 6.30. The van der Waals surface area contributed by atoms with Crippen LogP contribution in [0.15, 0.2) is 30.5 Å². The summed E-state index contributed by atoms with van der Waals surface area (Å²) in [7, 11) is 0. The summed E-state index contributed by atoms with van der Waals surface area (Å²) in [5.74, 6) is 1.25. The molecule has 1 aromatic heterocycles. The molecule has 0 radical (unpaired) electrons. The summed E-state index contributed by atoms with van der Waals surface area (Å²) in [4.78, 5) is 21.7. The largest absolute Gasteiger partial charge is 0.342 e. The summed E-state index contributed by atoms with van der Waals surface area (Å²) >= 11 is 5.90.